The highest BCUT2D eigenvalue weighted by atomic mass is 19.1. The van der Waals surface area contributed by atoms with Gasteiger partial charge >= 0.3 is 0 Å². The van der Waals surface area contributed by atoms with Crippen molar-refractivity contribution >= 4 is 22.8 Å². The molecular formula is C14H15FN4O2. The molecule has 3 N–H and O–H groups in total. The van der Waals surface area contributed by atoms with Gasteiger partial charge in [0.1, 0.15) is 17.9 Å². The minimum Gasteiger partial charge on any atom is -0.368 e. The predicted octanol–water partition coefficient (Wildman–Crippen LogP) is 0.530. The summed E-state index contributed by atoms with van der Waals surface area (Å²) in [5.41, 5.74) is 6.70. The normalized spacial score (nSPS) is 21.9. The summed E-state index contributed by atoms with van der Waals surface area (Å²) in [6.45, 7) is -0.0763. The highest BCUT2D eigenvalue weighted by Crippen LogP contribution is 2.23. The van der Waals surface area contributed by atoms with Gasteiger partial charge in [-0.3, -0.25) is 9.59 Å². The van der Waals surface area contributed by atoms with Gasteiger partial charge in [0.25, 0.3) is 0 Å². The zero-order chi connectivity index (χ0) is 15.0. The monoisotopic (exact) mass is 290 g/mol. The van der Waals surface area contributed by atoms with E-state index in [0.29, 0.717) is 5.65 Å². The van der Waals surface area contributed by atoms with E-state index in [4.69, 9.17) is 5.73 Å². The third-order valence-electron chi connectivity index (χ3n) is 3.78. The van der Waals surface area contributed by atoms with E-state index < -0.39 is 18.1 Å². The fourth-order valence-electron chi connectivity index (χ4n) is 2.75. The number of hydrogen-bond donors (Lipinski definition) is 2. The zero-order valence-corrected chi connectivity index (χ0v) is 11.3. The lowest BCUT2D eigenvalue weighted by Gasteiger charge is -2.21. The zero-order valence-electron chi connectivity index (χ0n) is 11.3. The van der Waals surface area contributed by atoms with E-state index in [1.807, 2.05) is 6.07 Å². The molecule has 21 heavy (non-hydrogen) atoms. The van der Waals surface area contributed by atoms with Crippen LogP contribution in [0.4, 0.5) is 4.39 Å². The highest BCUT2D eigenvalue weighted by Gasteiger charge is 2.38. The van der Waals surface area contributed by atoms with Crippen molar-refractivity contribution in [3.8, 4) is 0 Å². The molecule has 0 saturated carbocycles. The number of aromatic amines is 1. The predicted molar refractivity (Wildman–Crippen MR) is 74.0 cm³/mol. The van der Waals surface area contributed by atoms with Crippen LogP contribution in [0.5, 0.6) is 0 Å². The number of nitrogens with one attached hydrogen (secondary N) is 1. The first-order valence-electron chi connectivity index (χ1n) is 6.70. The molecule has 3 heterocycles. The molecule has 0 aromatic carbocycles. The van der Waals surface area contributed by atoms with Crippen LogP contribution in [0.25, 0.3) is 11.0 Å². The maximum absolute atomic E-state index is 13.5. The van der Waals surface area contributed by atoms with Crippen molar-refractivity contribution in [1.29, 1.82) is 0 Å². The Morgan fingerprint density at radius 1 is 1.52 bits per heavy atom. The van der Waals surface area contributed by atoms with E-state index in [-0.39, 0.29) is 25.3 Å². The quantitative estimate of drug-likeness (QED) is 0.863. The Morgan fingerprint density at radius 3 is 3.10 bits per heavy atom. The third-order valence-corrected chi connectivity index (χ3v) is 3.78. The van der Waals surface area contributed by atoms with Crippen LogP contribution < -0.4 is 5.73 Å². The van der Waals surface area contributed by atoms with Crippen molar-refractivity contribution in [2.45, 2.75) is 25.1 Å². The van der Waals surface area contributed by atoms with Crippen LogP contribution in [0.15, 0.2) is 24.5 Å². The lowest BCUT2D eigenvalue weighted by molar-refractivity contribution is -0.136. The second-order valence-electron chi connectivity index (χ2n) is 5.19. The number of amides is 2. The van der Waals surface area contributed by atoms with Crippen molar-refractivity contribution in [2.75, 3.05) is 6.54 Å². The Balaban J connectivity index is 1.81. The number of fused-ring (bicyclic) bond motifs is 1. The van der Waals surface area contributed by atoms with E-state index >= 15 is 0 Å². The Labute approximate surface area is 120 Å². The molecule has 0 aliphatic carbocycles. The second kappa shape index (κ2) is 5.16. The largest absolute Gasteiger partial charge is 0.368 e. The van der Waals surface area contributed by atoms with Gasteiger partial charge in [-0.1, -0.05) is 0 Å². The average molecular weight is 290 g/mol. The van der Waals surface area contributed by atoms with Crippen LogP contribution >= 0.6 is 0 Å². The van der Waals surface area contributed by atoms with Gasteiger partial charge in [0.2, 0.25) is 11.8 Å². The summed E-state index contributed by atoms with van der Waals surface area (Å²) in [6, 6.07) is 2.79. The molecule has 2 atom stereocenters. The summed E-state index contributed by atoms with van der Waals surface area (Å²) in [7, 11) is 0. The average Bonchev–Trinajstić information content (AvgIpc) is 3.03. The molecule has 0 spiro atoms. The topological polar surface area (TPSA) is 92.1 Å². The minimum absolute atomic E-state index is 0.0173. The number of H-pyrrole nitrogens is 1. The lowest BCUT2D eigenvalue weighted by Crippen LogP contribution is -2.44. The van der Waals surface area contributed by atoms with Crippen LogP contribution in [0.1, 0.15) is 12.0 Å². The van der Waals surface area contributed by atoms with Gasteiger partial charge in [-0.25, -0.2) is 9.37 Å². The van der Waals surface area contributed by atoms with Crippen molar-refractivity contribution in [2.24, 2.45) is 5.73 Å². The highest BCUT2D eigenvalue weighted by molar-refractivity contribution is 5.91. The summed E-state index contributed by atoms with van der Waals surface area (Å²) >= 11 is 0. The lowest BCUT2D eigenvalue weighted by atomic mass is 10.1. The molecular weight excluding hydrogens is 275 g/mol. The Hall–Kier alpha value is -2.44. The summed E-state index contributed by atoms with van der Waals surface area (Å²) in [4.78, 5) is 32.0. The number of likely N-dealkylation sites (tertiary alicyclic amines) is 1. The smallest absolute Gasteiger partial charge is 0.240 e. The van der Waals surface area contributed by atoms with Crippen LogP contribution in [-0.2, 0) is 16.0 Å². The summed E-state index contributed by atoms with van der Waals surface area (Å²) in [5.74, 6) is -0.965. The third kappa shape index (κ3) is 2.46. The molecule has 1 fully saturated rings. The first kappa shape index (κ1) is 13.5. The van der Waals surface area contributed by atoms with E-state index in [1.54, 1.807) is 18.5 Å². The molecule has 1 aliphatic rings. The van der Waals surface area contributed by atoms with E-state index in [9.17, 15) is 14.0 Å². The Kier molecular flexibility index (Phi) is 3.32. The number of nitrogens with zero attached hydrogens (tertiary/aromatic N) is 2. The van der Waals surface area contributed by atoms with Gasteiger partial charge < -0.3 is 15.6 Å². The number of carbonyl (C=O) groups is 2. The number of primary amides is 1. The molecule has 2 amide bonds. The van der Waals surface area contributed by atoms with Gasteiger partial charge in [0.15, 0.2) is 0 Å². The molecule has 2 aromatic heterocycles. The van der Waals surface area contributed by atoms with Crippen LogP contribution in [0, 0.1) is 0 Å². The molecule has 1 saturated heterocycles. The first-order chi connectivity index (χ1) is 10.1. The summed E-state index contributed by atoms with van der Waals surface area (Å²) in [5, 5.41) is 0.845. The summed E-state index contributed by atoms with van der Waals surface area (Å²) in [6.07, 6.45) is 2.23. The number of nitrogens with two attached hydrogens (primary N) is 1. The van der Waals surface area contributed by atoms with E-state index in [0.717, 1.165) is 10.9 Å². The Morgan fingerprint density at radius 2 is 2.33 bits per heavy atom. The van der Waals surface area contributed by atoms with Gasteiger partial charge in [0.05, 0.1) is 13.0 Å². The number of alkyl halides is 1. The van der Waals surface area contributed by atoms with Gasteiger partial charge in [0, 0.05) is 24.2 Å². The number of carbonyl (C=O) groups excluding carboxylic acids is 2. The number of pyridine rings is 1. The van der Waals surface area contributed by atoms with Crippen molar-refractivity contribution < 1.29 is 14.0 Å². The van der Waals surface area contributed by atoms with Crippen LogP contribution in [0.2, 0.25) is 0 Å². The van der Waals surface area contributed by atoms with Gasteiger partial charge in [-0.05, 0) is 17.7 Å². The fourth-order valence-corrected chi connectivity index (χ4v) is 2.75. The van der Waals surface area contributed by atoms with Crippen LogP contribution in [0.3, 0.4) is 0 Å². The van der Waals surface area contributed by atoms with Gasteiger partial charge in [-0.15, -0.1) is 0 Å². The Bertz CT molecular complexity index is 699. The minimum atomic E-state index is -1.20. The maximum atomic E-state index is 13.5. The molecule has 7 heteroatoms. The number of halogens is 1. The van der Waals surface area contributed by atoms with Crippen LogP contribution in [-0.4, -0.2) is 45.4 Å². The SMILES string of the molecule is NC(=O)[C@@H]1C[C@@H](F)CN1C(=O)Cc1c[nH]c2ncccc12. The molecule has 0 radical (unpaired) electrons. The van der Waals surface area contributed by atoms with E-state index in [2.05, 4.69) is 9.97 Å². The number of hydrogen-bond acceptors (Lipinski definition) is 3. The van der Waals surface area contributed by atoms with Crippen molar-refractivity contribution in [3.63, 3.8) is 0 Å². The molecule has 1 aliphatic heterocycles. The molecule has 110 valence electrons. The molecule has 0 bridgehead atoms. The number of aromatic nitrogens is 2. The summed E-state index contributed by atoms with van der Waals surface area (Å²) < 4.78 is 13.5. The van der Waals surface area contributed by atoms with E-state index in [1.165, 1.54) is 4.90 Å². The first-order valence-corrected chi connectivity index (χ1v) is 6.70. The standard InChI is InChI=1S/C14H15FN4O2/c15-9-5-11(13(16)21)19(7-9)12(20)4-8-6-18-14-10(8)2-1-3-17-14/h1-3,6,9,11H,4-5,7H2,(H2,16,21)(H,17,18)/t9-,11+/m1/s1. The molecule has 3 rings (SSSR count). The van der Waals surface area contributed by atoms with Crippen molar-refractivity contribution in [3.05, 3.63) is 30.1 Å². The van der Waals surface area contributed by atoms with Gasteiger partial charge in [-0.2, -0.15) is 0 Å². The second-order valence-corrected chi connectivity index (χ2v) is 5.19. The van der Waals surface area contributed by atoms with Crippen molar-refractivity contribution in [1.82, 2.24) is 14.9 Å². The molecule has 0 unspecified atom stereocenters. The molecule has 2 aromatic rings. The fraction of sp³-hybridized carbons (Fsp3) is 0.357. The molecule has 6 nitrogen and oxygen atoms in total. The maximum Gasteiger partial charge on any atom is 0.240 e. The number of rotatable bonds is 3.